The zero-order valence-corrected chi connectivity index (χ0v) is 12.2. The zero-order valence-electron chi connectivity index (χ0n) is 11.3. The molecule has 2 unspecified atom stereocenters. The first-order valence-corrected chi connectivity index (χ1v) is 7.20. The molecule has 4 N–H and O–H groups in total. The summed E-state index contributed by atoms with van der Waals surface area (Å²) < 4.78 is 5.15. The Labute approximate surface area is 117 Å². The molecule has 0 saturated heterocycles. The van der Waals surface area contributed by atoms with Crippen LogP contribution in [0.5, 0.6) is 5.75 Å². The first-order chi connectivity index (χ1) is 9.04. The highest BCUT2D eigenvalue weighted by Gasteiger charge is 2.21. The van der Waals surface area contributed by atoms with Crippen LogP contribution >= 0.6 is 11.8 Å². The molecule has 0 aliphatic carbocycles. The summed E-state index contributed by atoms with van der Waals surface area (Å²) in [7, 11) is 1.49. The fourth-order valence-corrected chi connectivity index (χ4v) is 2.40. The number of aliphatic hydroxyl groups excluding tert-OH is 1. The van der Waals surface area contributed by atoms with Gasteiger partial charge in [-0.1, -0.05) is 6.07 Å². The Kier molecular flexibility index (Phi) is 5.98. The molecule has 1 aromatic carbocycles. The molecule has 0 spiro atoms. The molecule has 2 atom stereocenters. The van der Waals surface area contributed by atoms with Gasteiger partial charge in [0.05, 0.1) is 13.7 Å². The van der Waals surface area contributed by atoms with Crippen molar-refractivity contribution in [3.05, 3.63) is 23.8 Å². The summed E-state index contributed by atoms with van der Waals surface area (Å²) in [4.78, 5) is 12.2. The van der Waals surface area contributed by atoms with Gasteiger partial charge in [-0.15, -0.1) is 0 Å². The van der Waals surface area contributed by atoms with E-state index < -0.39 is 0 Å². The lowest BCUT2D eigenvalue weighted by Gasteiger charge is -2.22. The van der Waals surface area contributed by atoms with E-state index in [1.165, 1.54) is 18.9 Å². The number of nitrogen functional groups attached to an aromatic ring is 1. The Balaban J connectivity index is 2.89. The van der Waals surface area contributed by atoms with Gasteiger partial charge in [-0.05, 0) is 25.3 Å². The van der Waals surface area contributed by atoms with Crippen molar-refractivity contribution in [3.8, 4) is 5.75 Å². The quantitative estimate of drug-likeness (QED) is 0.682. The maximum atomic E-state index is 12.2. The number of benzene rings is 1. The third-order valence-electron chi connectivity index (χ3n) is 2.90. The highest BCUT2D eigenvalue weighted by atomic mass is 32.2. The molecule has 1 amide bonds. The smallest absolute Gasteiger partial charge is 0.257 e. The van der Waals surface area contributed by atoms with Crippen molar-refractivity contribution in [1.82, 2.24) is 5.32 Å². The van der Waals surface area contributed by atoms with Gasteiger partial charge >= 0.3 is 0 Å². The fourth-order valence-electron chi connectivity index (χ4n) is 1.77. The Morgan fingerprint density at radius 3 is 2.79 bits per heavy atom. The van der Waals surface area contributed by atoms with Crippen LogP contribution in [0.3, 0.4) is 0 Å². The number of nitrogens with two attached hydrogens (primary N) is 1. The molecule has 0 aliphatic rings. The van der Waals surface area contributed by atoms with Gasteiger partial charge in [0, 0.05) is 17.0 Å². The lowest BCUT2D eigenvalue weighted by molar-refractivity contribution is 0.0934. The molecule has 0 fully saturated rings. The van der Waals surface area contributed by atoms with Gasteiger partial charge in [0.2, 0.25) is 0 Å². The van der Waals surface area contributed by atoms with Gasteiger partial charge in [0.15, 0.2) is 0 Å². The first kappa shape index (κ1) is 15.7. The van der Waals surface area contributed by atoms with Crippen molar-refractivity contribution in [1.29, 1.82) is 0 Å². The Morgan fingerprint density at radius 1 is 1.58 bits per heavy atom. The van der Waals surface area contributed by atoms with Crippen LogP contribution < -0.4 is 15.8 Å². The first-order valence-electron chi connectivity index (χ1n) is 5.92. The highest BCUT2D eigenvalue weighted by molar-refractivity contribution is 7.99. The van der Waals surface area contributed by atoms with Crippen LogP contribution in [-0.2, 0) is 0 Å². The summed E-state index contributed by atoms with van der Waals surface area (Å²) in [5.41, 5.74) is 6.52. The topological polar surface area (TPSA) is 84.6 Å². The van der Waals surface area contributed by atoms with Crippen LogP contribution in [0.25, 0.3) is 0 Å². The molecular weight excluding hydrogens is 264 g/mol. The van der Waals surface area contributed by atoms with Crippen molar-refractivity contribution in [3.63, 3.8) is 0 Å². The number of hydrogen-bond donors (Lipinski definition) is 3. The molecule has 0 radical (unpaired) electrons. The molecule has 1 aromatic rings. The Morgan fingerprint density at radius 2 is 2.26 bits per heavy atom. The molecule has 5 nitrogen and oxygen atoms in total. The maximum absolute atomic E-state index is 12.2. The molecule has 0 saturated carbocycles. The lowest BCUT2D eigenvalue weighted by Crippen LogP contribution is -2.41. The van der Waals surface area contributed by atoms with Crippen LogP contribution in [0.2, 0.25) is 0 Å². The number of aliphatic hydroxyl groups is 1. The van der Waals surface area contributed by atoms with Crippen LogP contribution in [-0.4, -0.2) is 42.3 Å². The van der Waals surface area contributed by atoms with E-state index in [2.05, 4.69) is 5.32 Å². The number of hydrogen-bond acceptors (Lipinski definition) is 5. The summed E-state index contributed by atoms with van der Waals surface area (Å²) in [5.74, 6) is 0.143. The van der Waals surface area contributed by atoms with Crippen molar-refractivity contribution >= 4 is 23.4 Å². The molecule has 1 rings (SSSR count). The molecule has 0 aromatic heterocycles. The molecule has 0 aliphatic heterocycles. The average Bonchev–Trinajstić information content (AvgIpc) is 2.39. The molecular formula is C13H20N2O3S. The van der Waals surface area contributed by atoms with E-state index in [9.17, 15) is 9.90 Å². The molecule has 19 heavy (non-hydrogen) atoms. The van der Waals surface area contributed by atoms with E-state index >= 15 is 0 Å². The number of carbonyl (C=O) groups is 1. The minimum absolute atomic E-state index is 0.00399. The Hall–Kier alpha value is -1.40. The monoisotopic (exact) mass is 284 g/mol. The van der Waals surface area contributed by atoms with Crippen LogP contribution in [0.1, 0.15) is 17.3 Å². The number of carbonyl (C=O) groups excluding carboxylic acids is 1. The number of nitrogens with one attached hydrogen (secondary N) is 1. The van der Waals surface area contributed by atoms with Crippen LogP contribution in [0, 0.1) is 0 Å². The van der Waals surface area contributed by atoms with E-state index in [0.717, 1.165) is 0 Å². The van der Waals surface area contributed by atoms with E-state index in [0.29, 0.717) is 17.0 Å². The summed E-state index contributed by atoms with van der Waals surface area (Å²) in [6.45, 7) is 1.85. The minimum atomic E-state index is -0.296. The summed E-state index contributed by atoms with van der Waals surface area (Å²) >= 11 is 1.50. The second-order valence-electron chi connectivity index (χ2n) is 4.14. The van der Waals surface area contributed by atoms with Gasteiger partial charge in [-0.2, -0.15) is 11.8 Å². The molecule has 106 valence electrons. The van der Waals surface area contributed by atoms with Gasteiger partial charge in [0.25, 0.3) is 5.91 Å². The van der Waals surface area contributed by atoms with Crippen molar-refractivity contribution in [2.24, 2.45) is 0 Å². The van der Waals surface area contributed by atoms with Crippen molar-refractivity contribution in [2.75, 3.05) is 25.7 Å². The zero-order chi connectivity index (χ0) is 14.4. The number of thioether (sulfide) groups is 1. The third kappa shape index (κ3) is 3.78. The second-order valence-corrected chi connectivity index (χ2v) is 5.22. The van der Waals surface area contributed by atoms with Crippen LogP contribution in [0.4, 0.5) is 5.69 Å². The Bertz CT molecular complexity index is 436. The average molecular weight is 284 g/mol. The predicted octanol–water partition coefficient (Wildman–Crippen LogP) is 1.12. The van der Waals surface area contributed by atoms with Crippen LogP contribution in [0.15, 0.2) is 18.2 Å². The van der Waals surface area contributed by atoms with Crippen molar-refractivity contribution in [2.45, 2.75) is 18.2 Å². The standard InChI is InChI=1S/C13H20N2O3S/c1-8(11(7-16)19-3)15-13(17)12-9(14)5-4-6-10(12)18-2/h4-6,8,11,16H,7,14H2,1-3H3,(H,15,17). The maximum Gasteiger partial charge on any atom is 0.257 e. The fraction of sp³-hybridized carbons (Fsp3) is 0.462. The molecule has 0 heterocycles. The minimum Gasteiger partial charge on any atom is -0.496 e. The normalized spacial score (nSPS) is 13.7. The highest BCUT2D eigenvalue weighted by Crippen LogP contribution is 2.24. The van der Waals surface area contributed by atoms with Gasteiger partial charge < -0.3 is 20.9 Å². The number of anilines is 1. The number of rotatable bonds is 6. The summed E-state index contributed by atoms with van der Waals surface area (Å²) in [6.07, 6.45) is 1.89. The van der Waals surface area contributed by atoms with E-state index in [4.69, 9.17) is 10.5 Å². The molecule has 6 heteroatoms. The summed E-state index contributed by atoms with van der Waals surface area (Å²) in [6, 6.07) is 4.90. The number of methoxy groups -OCH3 is 1. The molecule has 0 bridgehead atoms. The lowest BCUT2D eigenvalue weighted by atomic mass is 10.1. The number of amides is 1. The van der Waals surface area contributed by atoms with E-state index in [-0.39, 0.29) is 23.8 Å². The van der Waals surface area contributed by atoms with Gasteiger partial charge in [-0.25, -0.2) is 0 Å². The summed E-state index contributed by atoms with van der Waals surface area (Å²) in [5, 5.41) is 12.0. The number of ether oxygens (including phenoxy) is 1. The largest absolute Gasteiger partial charge is 0.496 e. The third-order valence-corrected chi connectivity index (χ3v) is 4.07. The van der Waals surface area contributed by atoms with Crippen molar-refractivity contribution < 1.29 is 14.6 Å². The van der Waals surface area contributed by atoms with Gasteiger partial charge in [0.1, 0.15) is 11.3 Å². The SMILES string of the molecule is COc1cccc(N)c1C(=O)NC(C)C(CO)SC. The van der Waals surface area contributed by atoms with Gasteiger partial charge in [-0.3, -0.25) is 4.79 Å². The second kappa shape index (κ2) is 7.25. The predicted molar refractivity (Wildman–Crippen MR) is 78.7 cm³/mol. The van der Waals surface area contributed by atoms with E-state index in [1.54, 1.807) is 18.2 Å². The van der Waals surface area contributed by atoms with E-state index in [1.807, 2.05) is 13.2 Å².